The van der Waals surface area contributed by atoms with Crippen molar-refractivity contribution in [3.8, 4) is 0 Å². The first-order valence-corrected chi connectivity index (χ1v) is 18.9. The first kappa shape index (κ1) is 35.9. The lowest BCUT2D eigenvalue weighted by atomic mass is 9.83. The lowest BCUT2D eigenvalue weighted by Crippen LogP contribution is -2.55. The fraction of sp³-hybridized carbons (Fsp3) is 0.559. The van der Waals surface area contributed by atoms with Gasteiger partial charge in [-0.05, 0) is 61.9 Å². The van der Waals surface area contributed by atoms with Crippen molar-refractivity contribution in [1.29, 1.82) is 0 Å². The van der Waals surface area contributed by atoms with Crippen LogP contribution in [0.1, 0.15) is 70.3 Å². The Bertz CT molecular complexity index is 1340. The number of hydrogen-bond donors (Lipinski definition) is 4. The van der Waals surface area contributed by atoms with E-state index in [1.54, 1.807) is 42.8 Å². The summed E-state index contributed by atoms with van der Waals surface area (Å²) in [6, 6.07) is 13.8. The van der Waals surface area contributed by atoms with Gasteiger partial charge in [-0.25, -0.2) is 4.79 Å². The molecule has 12 heteroatoms. The maximum atomic E-state index is 13.9. The number of benzene rings is 2. The molecule has 0 bridgehead atoms. The zero-order chi connectivity index (χ0) is 33.1. The summed E-state index contributed by atoms with van der Waals surface area (Å²) in [5.41, 5.74) is 1.37. The van der Waals surface area contributed by atoms with Gasteiger partial charge in [0.2, 0.25) is 19.2 Å². The topological polar surface area (TPSA) is 137 Å². The van der Waals surface area contributed by atoms with Crippen LogP contribution in [0.5, 0.6) is 0 Å². The van der Waals surface area contributed by atoms with Crippen molar-refractivity contribution in [2.75, 3.05) is 25.1 Å². The number of anilines is 1. The van der Waals surface area contributed by atoms with Crippen molar-refractivity contribution >= 4 is 42.5 Å². The summed E-state index contributed by atoms with van der Waals surface area (Å²) in [7, 11) is -3.06. The quantitative estimate of drug-likeness (QED) is 0.177. The number of aliphatic hydroxyl groups is 1. The van der Waals surface area contributed by atoms with Crippen LogP contribution in [0.25, 0.3) is 0 Å². The molecular weight excluding hydrogens is 627 g/mol. The molecule has 0 radical (unpaired) electrons. The number of halogens is 1. The van der Waals surface area contributed by atoms with Gasteiger partial charge in [0.15, 0.2) is 0 Å². The lowest BCUT2D eigenvalue weighted by molar-refractivity contribution is -0.134. The molecule has 10 nitrogen and oxygen atoms in total. The molecule has 4 amide bonds. The van der Waals surface area contributed by atoms with Crippen LogP contribution in [0, 0.1) is 5.92 Å². The van der Waals surface area contributed by atoms with E-state index in [0.29, 0.717) is 49.0 Å². The predicted octanol–water partition coefficient (Wildman–Crippen LogP) is 6.17. The molecule has 2 aromatic carbocycles. The number of aliphatic hydroxyl groups excluding tert-OH is 1. The van der Waals surface area contributed by atoms with Crippen LogP contribution < -0.4 is 16.0 Å². The third kappa shape index (κ3) is 10.6. The normalized spacial score (nSPS) is 20.3. The zero-order valence-electron chi connectivity index (χ0n) is 26.8. The number of likely N-dealkylation sites (tertiary alicyclic amines) is 1. The highest BCUT2D eigenvalue weighted by Gasteiger charge is 2.41. The molecule has 1 saturated carbocycles. The number of nitrogens with zero attached hydrogens (tertiary/aromatic N) is 1. The first-order chi connectivity index (χ1) is 22.1. The molecule has 252 valence electrons. The number of hydrogen-bond acceptors (Lipinski definition) is 6. The number of nitrogens with one attached hydrogen (secondary N) is 3. The van der Waals surface area contributed by atoms with Gasteiger partial charge in [-0.3, -0.25) is 14.2 Å². The average molecular weight is 675 g/mol. The Morgan fingerprint density at radius 2 is 1.70 bits per heavy atom. The van der Waals surface area contributed by atoms with E-state index in [1.807, 2.05) is 30.3 Å². The second kappa shape index (κ2) is 17.3. The van der Waals surface area contributed by atoms with Crippen molar-refractivity contribution in [3.63, 3.8) is 0 Å². The van der Waals surface area contributed by atoms with Crippen LogP contribution in [0.3, 0.4) is 0 Å². The summed E-state index contributed by atoms with van der Waals surface area (Å²) in [6.07, 6.45) is 5.98. The van der Waals surface area contributed by atoms with Crippen molar-refractivity contribution in [2.24, 2.45) is 5.92 Å². The molecule has 4 N–H and O–H groups in total. The molecule has 1 aliphatic heterocycles. The second-order valence-corrected chi connectivity index (χ2v) is 15.6. The summed E-state index contributed by atoms with van der Waals surface area (Å²) in [5.74, 6) is -0.972. The largest absolute Gasteiger partial charge is 0.390 e. The predicted molar refractivity (Wildman–Crippen MR) is 181 cm³/mol. The van der Waals surface area contributed by atoms with E-state index in [-0.39, 0.29) is 18.7 Å². The minimum absolute atomic E-state index is 0.214. The van der Waals surface area contributed by atoms with E-state index in [4.69, 9.17) is 16.1 Å². The standard InChI is InChI=1S/C34H48ClN4O6P/c1-3-45-46(2,44)32-15-10-20-39(32)31(41)23-30(40)28(21-24-11-6-4-7-12-24)37-33(42)29(22-25-13-8-5-9-14-25)38-34(43)36-27-18-16-26(35)17-19-27/h5,8-9,13-14,16-19,24,28-30,32,40H,3-4,6-7,10-12,15,20-23H2,1-2H3,(H,37,42)(H2,36,38,43). The fourth-order valence-electron chi connectivity index (χ4n) is 6.60. The molecule has 0 aromatic heterocycles. The van der Waals surface area contributed by atoms with Crippen molar-refractivity contribution < 1.29 is 28.6 Å². The summed E-state index contributed by atoms with van der Waals surface area (Å²) >= 11 is 5.97. The SMILES string of the molecule is CCOP(C)(=O)C1CCCN1C(=O)CC(O)C(CC1CCCCC1)NC(=O)C(Cc1ccccc1)NC(=O)Nc1ccc(Cl)cc1. The summed E-state index contributed by atoms with van der Waals surface area (Å²) < 4.78 is 18.8. The smallest absolute Gasteiger partial charge is 0.319 e. The Balaban J connectivity index is 1.49. The summed E-state index contributed by atoms with van der Waals surface area (Å²) in [6.45, 7) is 4.09. The number of urea groups is 1. The highest BCUT2D eigenvalue weighted by Crippen LogP contribution is 2.53. The van der Waals surface area contributed by atoms with Crippen LogP contribution in [0.15, 0.2) is 54.6 Å². The number of carbonyl (C=O) groups is 3. The monoisotopic (exact) mass is 674 g/mol. The molecule has 5 atom stereocenters. The van der Waals surface area contributed by atoms with Crippen molar-refractivity contribution in [2.45, 2.75) is 95.1 Å². The van der Waals surface area contributed by atoms with E-state index in [2.05, 4.69) is 16.0 Å². The molecule has 0 spiro atoms. The molecular formula is C34H48ClN4O6P. The van der Waals surface area contributed by atoms with Gasteiger partial charge in [-0.1, -0.05) is 74.0 Å². The highest BCUT2D eigenvalue weighted by molar-refractivity contribution is 7.58. The molecule has 1 aliphatic carbocycles. The van der Waals surface area contributed by atoms with E-state index in [0.717, 1.165) is 37.7 Å². The lowest BCUT2D eigenvalue weighted by Gasteiger charge is -2.33. The van der Waals surface area contributed by atoms with Gasteiger partial charge in [0.05, 0.1) is 25.2 Å². The highest BCUT2D eigenvalue weighted by atomic mass is 35.5. The average Bonchev–Trinajstić information content (AvgIpc) is 3.54. The molecule has 1 heterocycles. The third-order valence-electron chi connectivity index (χ3n) is 8.96. The molecule has 2 aromatic rings. The molecule has 46 heavy (non-hydrogen) atoms. The Hall–Kier alpha value is -2.91. The maximum absolute atomic E-state index is 13.9. The van der Waals surface area contributed by atoms with Gasteiger partial charge in [0, 0.05) is 30.3 Å². The van der Waals surface area contributed by atoms with Gasteiger partial charge in [0.1, 0.15) is 11.8 Å². The minimum atomic E-state index is -3.06. The maximum Gasteiger partial charge on any atom is 0.319 e. The Morgan fingerprint density at radius 3 is 2.37 bits per heavy atom. The number of carbonyl (C=O) groups excluding carboxylic acids is 3. The molecule has 2 fully saturated rings. The van der Waals surface area contributed by atoms with Gasteiger partial charge >= 0.3 is 6.03 Å². The number of amides is 4. The van der Waals surface area contributed by atoms with Crippen LogP contribution >= 0.6 is 19.0 Å². The van der Waals surface area contributed by atoms with E-state index in [1.165, 1.54) is 0 Å². The van der Waals surface area contributed by atoms with Crippen LogP contribution in [0.2, 0.25) is 5.02 Å². The van der Waals surface area contributed by atoms with Crippen molar-refractivity contribution in [3.05, 3.63) is 65.2 Å². The Kier molecular flexibility index (Phi) is 13.5. The van der Waals surface area contributed by atoms with E-state index >= 15 is 0 Å². The van der Waals surface area contributed by atoms with E-state index < -0.39 is 43.3 Å². The van der Waals surface area contributed by atoms with E-state index in [9.17, 15) is 24.1 Å². The molecule has 4 rings (SSSR count). The van der Waals surface area contributed by atoms with Gasteiger partial charge < -0.3 is 30.5 Å². The van der Waals surface area contributed by atoms with Gasteiger partial charge in [0.25, 0.3) is 0 Å². The van der Waals surface area contributed by atoms with Gasteiger partial charge in [-0.2, -0.15) is 0 Å². The van der Waals surface area contributed by atoms with Crippen LogP contribution in [-0.4, -0.2) is 71.6 Å². The molecule has 5 unspecified atom stereocenters. The minimum Gasteiger partial charge on any atom is -0.390 e. The Labute approximate surface area is 277 Å². The first-order valence-electron chi connectivity index (χ1n) is 16.4. The summed E-state index contributed by atoms with van der Waals surface area (Å²) in [5, 5.41) is 20.6. The Morgan fingerprint density at radius 1 is 1.00 bits per heavy atom. The fourth-order valence-corrected chi connectivity index (χ4v) is 8.82. The van der Waals surface area contributed by atoms with Crippen LogP contribution in [-0.2, 0) is 25.1 Å². The third-order valence-corrected chi connectivity index (χ3v) is 11.6. The molecule has 1 saturated heterocycles. The molecule has 2 aliphatic rings. The summed E-state index contributed by atoms with van der Waals surface area (Å²) in [4.78, 5) is 42.0. The zero-order valence-corrected chi connectivity index (χ0v) is 28.5. The number of rotatable bonds is 14. The second-order valence-electron chi connectivity index (χ2n) is 12.5. The van der Waals surface area contributed by atoms with Gasteiger partial charge in [-0.15, -0.1) is 0 Å². The van der Waals surface area contributed by atoms with Crippen molar-refractivity contribution in [1.82, 2.24) is 15.5 Å². The van der Waals surface area contributed by atoms with Crippen LogP contribution in [0.4, 0.5) is 10.5 Å².